The molecule has 0 bridgehead atoms. The number of carbonyl (C=O) groups is 1. The molecule has 0 amide bonds. The van der Waals surface area contributed by atoms with E-state index in [1.165, 1.54) is 12.1 Å². The molecule has 0 aliphatic heterocycles. The molecule has 2 aromatic heterocycles. The van der Waals surface area contributed by atoms with Crippen molar-refractivity contribution in [2.45, 2.75) is 12.6 Å². The molecule has 25 heavy (non-hydrogen) atoms. The molecule has 130 valence electrons. The van der Waals surface area contributed by atoms with Gasteiger partial charge in [0.15, 0.2) is 11.3 Å². The minimum atomic E-state index is -4.82. The van der Waals surface area contributed by atoms with E-state index in [9.17, 15) is 26.7 Å². The molecule has 3 aromatic rings. The Labute approximate surface area is 136 Å². The maximum Gasteiger partial charge on any atom is 0.433 e. The van der Waals surface area contributed by atoms with E-state index in [1.54, 1.807) is 0 Å². The number of halogens is 5. The second-order valence-electron chi connectivity index (χ2n) is 5.05. The van der Waals surface area contributed by atoms with Gasteiger partial charge in [-0.05, 0) is 6.07 Å². The van der Waals surface area contributed by atoms with E-state index < -0.39 is 35.5 Å². The summed E-state index contributed by atoms with van der Waals surface area (Å²) in [5, 5.41) is 12.5. The number of carboxylic acids is 1. The number of nitrogens with zero attached hydrogens (tertiary/aromatic N) is 3. The second-order valence-corrected chi connectivity index (χ2v) is 5.05. The van der Waals surface area contributed by atoms with Crippen LogP contribution in [0.5, 0.6) is 0 Å². The van der Waals surface area contributed by atoms with Gasteiger partial charge in [0.1, 0.15) is 5.56 Å². The van der Waals surface area contributed by atoms with Gasteiger partial charge in [-0.1, -0.05) is 24.3 Å². The zero-order chi connectivity index (χ0) is 18.4. The third-order valence-corrected chi connectivity index (χ3v) is 3.45. The predicted molar refractivity (Wildman–Crippen MR) is 75.3 cm³/mol. The van der Waals surface area contributed by atoms with Gasteiger partial charge in [-0.3, -0.25) is 0 Å². The lowest BCUT2D eigenvalue weighted by Gasteiger charge is -2.11. The van der Waals surface area contributed by atoms with E-state index in [0.717, 1.165) is 18.3 Å². The number of aromatic carboxylic acids is 1. The van der Waals surface area contributed by atoms with E-state index in [1.807, 2.05) is 0 Å². The van der Waals surface area contributed by atoms with E-state index in [2.05, 4.69) is 10.1 Å². The fraction of sp³-hybridized carbons (Fsp3) is 0.133. The largest absolute Gasteiger partial charge is 0.477 e. The van der Waals surface area contributed by atoms with Crippen LogP contribution in [0.15, 0.2) is 36.5 Å². The summed E-state index contributed by atoms with van der Waals surface area (Å²) >= 11 is 0. The van der Waals surface area contributed by atoms with Crippen molar-refractivity contribution >= 4 is 11.6 Å². The minimum absolute atomic E-state index is 0.134. The second kappa shape index (κ2) is 5.80. The van der Waals surface area contributed by atoms with Crippen molar-refractivity contribution in [1.82, 2.24) is 14.6 Å². The van der Waals surface area contributed by atoms with Gasteiger partial charge in [0.2, 0.25) is 0 Å². The van der Waals surface area contributed by atoms with Crippen LogP contribution in [0.2, 0.25) is 0 Å². The molecule has 1 N–H and O–H groups in total. The van der Waals surface area contributed by atoms with Crippen molar-refractivity contribution in [3.05, 3.63) is 53.3 Å². The maximum atomic E-state index is 13.3. The topological polar surface area (TPSA) is 67.5 Å². The Bertz CT molecular complexity index is 948. The molecule has 0 saturated carbocycles. The van der Waals surface area contributed by atoms with Crippen molar-refractivity contribution in [3.8, 4) is 11.3 Å². The number of hydrogen-bond acceptors (Lipinski definition) is 3. The number of benzene rings is 1. The molecule has 0 atom stereocenters. The standard InChI is InChI=1S/C15H8F5N3O2/c16-12(17)8-3-1-7(2-4-8)10-5-11(15(18,19)20)23-13(22-10)9(6-21-23)14(24)25/h1-6,12H,(H,24,25). The highest BCUT2D eigenvalue weighted by Crippen LogP contribution is 2.33. The highest BCUT2D eigenvalue weighted by Gasteiger charge is 2.36. The number of fused-ring (bicyclic) bond motifs is 1. The summed E-state index contributed by atoms with van der Waals surface area (Å²) in [6.07, 6.45) is -6.77. The van der Waals surface area contributed by atoms with Gasteiger partial charge >= 0.3 is 12.1 Å². The quantitative estimate of drug-likeness (QED) is 0.718. The number of alkyl halides is 5. The lowest BCUT2D eigenvalue weighted by Crippen LogP contribution is -2.14. The highest BCUT2D eigenvalue weighted by atomic mass is 19.4. The van der Waals surface area contributed by atoms with Crippen LogP contribution in [0.1, 0.15) is 28.0 Å². The van der Waals surface area contributed by atoms with E-state index in [0.29, 0.717) is 10.6 Å². The van der Waals surface area contributed by atoms with E-state index >= 15 is 0 Å². The monoisotopic (exact) mass is 357 g/mol. The zero-order valence-corrected chi connectivity index (χ0v) is 12.1. The predicted octanol–water partition coefficient (Wildman–Crippen LogP) is 4.05. The van der Waals surface area contributed by atoms with Gasteiger partial charge in [0, 0.05) is 11.1 Å². The minimum Gasteiger partial charge on any atom is -0.477 e. The molecule has 0 aliphatic rings. The summed E-state index contributed by atoms with van der Waals surface area (Å²) in [5.41, 5.74) is -2.58. The number of carboxylic acid groups (broad SMARTS) is 1. The molecular formula is C15H8F5N3O2. The van der Waals surface area contributed by atoms with Crippen LogP contribution in [0.3, 0.4) is 0 Å². The van der Waals surface area contributed by atoms with Crippen LogP contribution in [0.25, 0.3) is 16.9 Å². The molecule has 0 aliphatic carbocycles. The van der Waals surface area contributed by atoms with Gasteiger partial charge in [-0.2, -0.15) is 18.3 Å². The first-order chi connectivity index (χ1) is 11.7. The van der Waals surface area contributed by atoms with Crippen molar-refractivity contribution in [2.24, 2.45) is 0 Å². The average molecular weight is 357 g/mol. The fourth-order valence-electron chi connectivity index (χ4n) is 2.26. The molecular weight excluding hydrogens is 349 g/mol. The Balaban J connectivity index is 2.24. The van der Waals surface area contributed by atoms with Crippen LogP contribution in [0.4, 0.5) is 22.0 Å². The normalized spacial score (nSPS) is 12.1. The third-order valence-electron chi connectivity index (χ3n) is 3.45. The SMILES string of the molecule is O=C(O)c1cnn2c(C(F)(F)F)cc(-c3ccc(C(F)F)cc3)nc12. The van der Waals surface area contributed by atoms with Crippen molar-refractivity contribution in [3.63, 3.8) is 0 Å². The first-order valence-electron chi connectivity index (χ1n) is 6.76. The van der Waals surface area contributed by atoms with Gasteiger partial charge in [-0.25, -0.2) is 23.1 Å². The van der Waals surface area contributed by atoms with Crippen molar-refractivity contribution in [1.29, 1.82) is 0 Å². The number of hydrogen-bond donors (Lipinski definition) is 1. The molecule has 2 heterocycles. The van der Waals surface area contributed by atoms with Gasteiger partial charge in [0.05, 0.1) is 11.9 Å². The maximum absolute atomic E-state index is 13.3. The molecule has 5 nitrogen and oxygen atoms in total. The first kappa shape index (κ1) is 16.8. The number of rotatable bonds is 3. The van der Waals surface area contributed by atoms with Gasteiger partial charge < -0.3 is 5.11 Å². The lowest BCUT2D eigenvalue weighted by molar-refractivity contribution is -0.142. The Morgan fingerprint density at radius 1 is 1.16 bits per heavy atom. The Morgan fingerprint density at radius 3 is 2.32 bits per heavy atom. The molecule has 10 heteroatoms. The first-order valence-corrected chi connectivity index (χ1v) is 6.76. The van der Waals surface area contributed by atoms with Gasteiger partial charge in [-0.15, -0.1) is 0 Å². The van der Waals surface area contributed by atoms with Gasteiger partial charge in [0.25, 0.3) is 6.43 Å². The molecule has 0 radical (unpaired) electrons. The summed E-state index contributed by atoms with van der Waals surface area (Å²) in [7, 11) is 0. The number of aromatic nitrogens is 3. The Kier molecular flexibility index (Phi) is 3.90. The fourth-order valence-corrected chi connectivity index (χ4v) is 2.26. The molecule has 0 fully saturated rings. The van der Waals surface area contributed by atoms with Crippen LogP contribution in [-0.2, 0) is 6.18 Å². The Morgan fingerprint density at radius 2 is 1.80 bits per heavy atom. The summed E-state index contributed by atoms with van der Waals surface area (Å²) in [6, 6.07) is 5.19. The summed E-state index contributed by atoms with van der Waals surface area (Å²) in [4.78, 5) is 15.1. The van der Waals surface area contributed by atoms with Crippen LogP contribution in [-0.4, -0.2) is 25.7 Å². The van der Waals surface area contributed by atoms with E-state index in [-0.39, 0.29) is 16.8 Å². The smallest absolute Gasteiger partial charge is 0.433 e. The molecule has 0 saturated heterocycles. The molecule has 0 unspecified atom stereocenters. The summed E-state index contributed by atoms with van der Waals surface area (Å²) in [6.45, 7) is 0. The highest BCUT2D eigenvalue weighted by molar-refractivity contribution is 5.94. The van der Waals surface area contributed by atoms with E-state index in [4.69, 9.17) is 5.11 Å². The average Bonchev–Trinajstić information content (AvgIpc) is 2.97. The Hall–Kier alpha value is -3.04. The summed E-state index contributed by atoms with van der Waals surface area (Å²) in [5.74, 6) is -1.49. The lowest BCUT2D eigenvalue weighted by atomic mass is 10.1. The molecule has 3 rings (SSSR count). The molecule has 1 aromatic carbocycles. The molecule has 0 spiro atoms. The van der Waals surface area contributed by atoms with Crippen LogP contribution >= 0.6 is 0 Å². The zero-order valence-electron chi connectivity index (χ0n) is 12.1. The van der Waals surface area contributed by atoms with Crippen LogP contribution in [0, 0.1) is 0 Å². The third kappa shape index (κ3) is 3.02. The van der Waals surface area contributed by atoms with Crippen molar-refractivity contribution in [2.75, 3.05) is 0 Å². The summed E-state index contributed by atoms with van der Waals surface area (Å²) < 4.78 is 65.3. The van der Waals surface area contributed by atoms with Crippen LogP contribution < -0.4 is 0 Å². The van der Waals surface area contributed by atoms with Crippen molar-refractivity contribution < 1.29 is 31.9 Å².